The fourth-order valence-corrected chi connectivity index (χ4v) is 1.65. The summed E-state index contributed by atoms with van der Waals surface area (Å²) >= 11 is 0. The molecule has 0 aliphatic heterocycles. The summed E-state index contributed by atoms with van der Waals surface area (Å²) < 4.78 is 4.60. The number of carbonyl (C=O) groups excluding carboxylic acids is 1. The Morgan fingerprint density at radius 3 is 2.74 bits per heavy atom. The number of nitrogens with zero attached hydrogens (tertiary/aromatic N) is 2. The second-order valence-electron chi connectivity index (χ2n) is 3.67. The molecule has 0 aliphatic carbocycles. The molecule has 0 unspecified atom stereocenters. The topological polar surface area (TPSA) is 72.7 Å². The number of hydrogen-bond acceptors (Lipinski definition) is 5. The first-order valence-electron chi connectivity index (χ1n) is 5.60. The lowest BCUT2D eigenvalue weighted by molar-refractivity contribution is -0.384. The summed E-state index contributed by atoms with van der Waals surface area (Å²) in [7, 11) is 1.25. The van der Waals surface area contributed by atoms with Crippen LogP contribution in [0.5, 0.6) is 0 Å². The Balaban J connectivity index is 3.34. The predicted molar refractivity (Wildman–Crippen MR) is 71.2 cm³/mol. The average molecular weight is 262 g/mol. The molecule has 1 aromatic carbocycles. The SMILES string of the molecule is C#CCN(CC)c1cc(C(=O)OC)ccc1[N+](=O)[O-]. The molecule has 0 amide bonds. The highest BCUT2D eigenvalue weighted by atomic mass is 16.6. The molecule has 0 saturated heterocycles. The lowest BCUT2D eigenvalue weighted by Gasteiger charge is -2.20. The first kappa shape index (κ1) is 14.5. The highest BCUT2D eigenvalue weighted by Crippen LogP contribution is 2.29. The van der Waals surface area contributed by atoms with Crippen LogP contribution in [0.4, 0.5) is 11.4 Å². The number of anilines is 1. The van der Waals surface area contributed by atoms with Gasteiger partial charge in [-0.25, -0.2) is 4.79 Å². The second-order valence-corrected chi connectivity index (χ2v) is 3.67. The van der Waals surface area contributed by atoms with Crippen molar-refractivity contribution in [2.45, 2.75) is 6.92 Å². The van der Waals surface area contributed by atoms with E-state index in [9.17, 15) is 14.9 Å². The minimum atomic E-state index is -0.548. The maximum Gasteiger partial charge on any atom is 0.337 e. The van der Waals surface area contributed by atoms with Crippen molar-refractivity contribution < 1.29 is 14.5 Å². The van der Waals surface area contributed by atoms with Crippen LogP contribution < -0.4 is 4.90 Å². The summed E-state index contributed by atoms with van der Waals surface area (Å²) in [5.74, 6) is 1.88. The molecule has 1 aromatic rings. The third-order valence-electron chi connectivity index (χ3n) is 2.60. The van der Waals surface area contributed by atoms with Crippen molar-refractivity contribution in [2.75, 3.05) is 25.1 Å². The number of carbonyl (C=O) groups is 1. The van der Waals surface area contributed by atoms with Gasteiger partial charge in [0.05, 0.1) is 24.1 Å². The largest absolute Gasteiger partial charge is 0.465 e. The van der Waals surface area contributed by atoms with Gasteiger partial charge >= 0.3 is 5.97 Å². The van der Waals surface area contributed by atoms with Gasteiger partial charge in [0.25, 0.3) is 5.69 Å². The van der Waals surface area contributed by atoms with Crippen molar-refractivity contribution in [3.05, 3.63) is 33.9 Å². The van der Waals surface area contributed by atoms with Gasteiger partial charge in [-0.3, -0.25) is 10.1 Å². The Kier molecular flexibility index (Phi) is 4.89. The van der Waals surface area contributed by atoms with Gasteiger partial charge in [-0.05, 0) is 19.1 Å². The first-order valence-corrected chi connectivity index (χ1v) is 5.60. The molecular formula is C13H14N2O4. The van der Waals surface area contributed by atoms with Crippen LogP contribution in [0.25, 0.3) is 0 Å². The van der Waals surface area contributed by atoms with Gasteiger partial charge in [-0.1, -0.05) is 5.92 Å². The molecule has 0 radical (unpaired) electrons. The Bertz CT molecular complexity index is 534. The monoisotopic (exact) mass is 262 g/mol. The molecule has 100 valence electrons. The highest BCUT2D eigenvalue weighted by molar-refractivity contribution is 5.91. The standard InChI is InChI=1S/C13H14N2O4/c1-4-8-14(5-2)12-9-10(13(16)19-3)6-7-11(12)15(17)18/h1,6-7,9H,5,8H2,2-3H3. The number of nitro benzene ring substituents is 1. The van der Waals surface area contributed by atoms with Crippen molar-refractivity contribution in [3.63, 3.8) is 0 Å². The van der Waals surface area contributed by atoms with Crippen molar-refractivity contribution in [2.24, 2.45) is 0 Å². The maximum absolute atomic E-state index is 11.5. The van der Waals surface area contributed by atoms with Crippen LogP contribution in [0, 0.1) is 22.5 Å². The molecule has 0 N–H and O–H groups in total. The molecular weight excluding hydrogens is 248 g/mol. The fourth-order valence-electron chi connectivity index (χ4n) is 1.65. The molecule has 0 atom stereocenters. The molecule has 0 saturated carbocycles. The van der Waals surface area contributed by atoms with Gasteiger partial charge < -0.3 is 9.64 Å². The zero-order valence-electron chi connectivity index (χ0n) is 10.8. The lowest BCUT2D eigenvalue weighted by atomic mass is 10.1. The number of methoxy groups -OCH3 is 1. The van der Waals surface area contributed by atoms with Crippen molar-refractivity contribution >= 4 is 17.3 Å². The Morgan fingerprint density at radius 1 is 1.58 bits per heavy atom. The molecule has 0 fully saturated rings. The normalized spacial score (nSPS) is 9.53. The number of hydrogen-bond donors (Lipinski definition) is 0. The van der Waals surface area contributed by atoms with E-state index < -0.39 is 10.9 Å². The van der Waals surface area contributed by atoms with Crippen LogP contribution in [-0.2, 0) is 4.74 Å². The van der Waals surface area contributed by atoms with E-state index in [2.05, 4.69) is 10.7 Å². The number of nitro groups is 1. The first-order chi connectivity index (χ1) is 9.04. The molecule has 0 aromatic heterocycles. The van der Waals surface area contributed by atoms with E-state index in [0.29, 0.717) is 12.2 Å². The van der Waals surface area contributed by atoms with Crippen LogP contribution in [0.2, 0.25) is 0 Å². The molecule has 0 aliphatic rings. The average Bonchev–Trinajstić information content (AvgIpc) is 2.43. The van der Waals surface area contributed by atoms with Crippen LogP contribution in [-0.4, -0.2) is 31.1 Å². The Labute approximate surface area is 111 Å². The molecule has 0 spiro atoms. The lowest BCUT2D eigenvalue weighted by Crippen LogP contribution is -2.24. The smallest absolute Gasteiger partial charge is 0.337 e. The summed E-state index contributed by atoms with van der Waals surface area (Å²) in [6.07, 6.45) is 5.24. The number of ether oxygens (including phenoxy) is 1. The van der Waals surface area contributed by atoms with Gasteiger partial charge in [-0.15, -0.1) is 6.42 Å². The van der Waals surface area contributed by atoms with Crippen molar-refractivity contribution in [1.29, 1.82) is 0 Å². The van der Waals surface area contributed by atoms with E-state index in [0.717, 1.165) is 0 Å². The third kappa shape index (κ3) is 3.22. The molecule has 0 bridgehead atoms. The summed E-state index contributed by atoms with van der Waals surface area (Å²) in [6.45, 7) is 2.55. The predicted octanol–water partition coefficient (Wildman–Crippen LogP) is 1.84. The Morgan fingerprint density at radius 2 is 2.26 bits per heavy atom. The Hall–Kier alpha value is -2.55. The zero-order valence-corrected chi connectivity index (χ0v) is 10.8. The number of benzene rings is 1. The minimum Gasteiger partial charge on any atom is -0.465 e. The van der Waals surface area contributed by atoms with Crippen LogP contribution in [0.1, 0.15) is 17.3 Å². The number of terminal acetylenes is 1. The van der Waals surface area contributed by atoms with Crippen LogP contribution >= 0.6 is 0 Å². The molecule has 6 nitrogen and oxygen atoms in total. The number of rotatable bonds is 5. The van der Waals surface area contributed by atoms with Crippen LogP contribution in [0.3, 0.4) is 0 Å². The van der Waals surface area contributed by atoms with Gasteiger partial charge in [0.1, 0.15) is 5.69 Å². The van der Waals surface area contributed by atoms with E-state index in [4.69, 9.17) is 6.42 Å². The van der Waals surface area contributed by atoms with E-state index in [-0.39, 0.29) is 17.8 Å². The molecule has 19 heavy (non-hydrogen) atoms. The fraction of sp³-hybridized carbons (Fsp3) is 0.308. The van der Waals surface area contributed by atoms with Gasteiger partial charge in [0.15, 0.2) is 0 Å². The second kappa shape index (κ2) is 6.40. The van der Waals surface area contributed by atoms with E-state index >= 15 is 0 Å². The molecule has 0 heterocycles. The quantitative estimate of drug-likeness (QED) is 0.350. The van der Waals surface area contributed by atoms with Crippen LogP contribution in [0.15, 0.2) is 18.2 Å². The van der Waals surface area contributed by atoms with E-state index in [1.807, 2.05) is 6.92 Å². The highest BCUT2D eigenvalue weighted by Gasteiger charge is 2.20. The number of esters is 1. The molecule has 1 rings (SSSR count). The maximum atomic E-state index is 11.5. The summed E-state index contributed by atoms with van der Waals surface area (Å²) in [4.78, 5) is 23.6. The van der Waals surface area contributed by atoms with E-state index in [1.165, 1.54) is 25.3 Å². The zero-order chi connectivity index (χ0) is 14.4. The summed E-state index contributed by atoms with van der Waals surface area (Å²) in [5.41, 5.74) is 0.469. The third-order valence-corrected chi connectivity index (χ3v) is 2.60. The van der Waals surface area contributed by atoms with Gasteiger partial charge in [-0.2, -0.15) is 0 Å². The van der Waals surface area contributed by atoms with Gasteiger partial charge in [0, 0.05) is 12.6 Å². The van der Waals surface area contributed by atoms with Crippen molar-refractivity contribution in [1.82, 2.24) is 0 Å². The van der Waals surface area contributed by atoms with E-state index in [1.54, 1.807) is 4.90 Å². The summed E-state index contributed by atoms with van der Waals surface area (Å²) in [6, 6.07) is 4.06. The van der Waals surface area contributed by atoms with Gasteiger partial charge in [0.2, 0.25) is 0 Å². The minimum absolute atomic E-state index is 0.0928. The summed E-state index contributed by atoms with van der Waals surface area (Å²) in [5, 5.41) is 11.0. The van der Waals surface area contributed by atoms with Crippen molar-refractivity contribution in [3.8, 4) is 12.3 Å². The molecule has 6 heteroatoms.